The lowest BCUT2D eigenvalue weighted by Crippen LogP contribution is -2.50. The number of ether oxygens (including phenoxy) is 1. The minimum absolute atomic E-state index is 0.0469. The molecule has 1 aromatic rings. The van der Waals surface area contributed by atoms with E-state index in [0.29, 0.717) is 19.1 Å². The summed E-state index contributed by atoms with van der Waals surface area (Å²) in [5, 5.41) is 0. The Balaban J connectivity index is 2.04. The number of hydrogen-bond acceptors (Lipinski definition) is 4. The van der Waals surface area contributed by atoms with Gasteiger partial charge >= 0.3 is 6.09 Å². The van der Waals surface area contributed by atoms with E-state index < -0.39 is 5.60 Å². The zero-order valence-electron chi connectivity index (χ0n) is 18.0. The average Bonchev–Trinajstić information content (AvgIpc) is 2.64. The Morgan fingerprint density at radius 2 is 1.75 bits per heavy atom. The molecule has 156 valence electrons. The third-order valence-electron chi connectivity index (χ3n) is 5.14. The first-order chi connectivity index (χ1) is 13.2. The highest BCUT2D eigenvalue weighted by atomic mass is 16.6. The summed E-state index contributed by atoms with van der Waals surface area (Å²) in [5.74, 6) is 0. The number of nitrogens with zero attached hydrogens (tertiary/aromatic N) is 2. The van der Waals surface area contributed by atoms with Gasteiger partial charge in [0, 0.05) is 38.3 Å². The van der Waals surface area contributed by atoms with E-state index in [0.717, 1.165) is 37.9 Å². The Bertz CT molecular complexity index is 626. The number of carbonyl (C=O) groups is 1. The van der Waals surface area contributed by atoms with Gasteiger partial charge in [-0.15, -0.1) is 6.58 Å². The number of nitrogens with two attached hydrogens (primary N) is 1. The molecule has 1 heterocycles. The van der Waals surface area contributed by atoms with E-state index in [1.165, 1.54) is 5.56 Å². The minimum Gasteiger partial charge on any atom is -0.444 e. The normalized spacial score (nSPS) is 17.8. The van der Waals surface area contributed by atoms with Gasteiger partial charge in [0.15, 0.2) is 0 Å². The molecule has 0 aromatic heterocycles. The van der Waals surface area contributed by atoms with Gasteiger partial charge in [-0.25, -0.2) is 4.79 Å². The molecule has 2 N–H and O–H groups in total. The van der Waals surface area contributed by atoms with E-state index in [-0.39, 0.29) is 12.1 Å². The van der Waals surface area contributed by atoms with E-state index in [1.807, 2.05) is 38.7 Å². The van der Waals surface area contributed by atoms with Gasteiger partial charge in [0.2, 0.25) is 0 Å². The number of unbranched alkanes of at least 4 members (excludes halogenated alkanes) is 1. The third kappa shape index (κ3) is 6.64. The monoisotopic (exact) mass is 387 g/mol. The van der Waals surface area contributed by atoms with Crippen LogP contribution in [0.1, 0.15) is 70.2 Å². The second kappa shape index (κ2) is 10.1. The first-order valence-electron chi connectivity index (χ1n) is 10.4. The maximum Gasteiger partial charge on any atom is 0.410 e. The standard InChI is InChI=1S/C23H37N3O2/c1-6-7-8-9-21(20-12-10-19(11-13-20)18(2)24)25-14-16-26(17-15-25)22(27)28-23(3,4)5/h6,10-13,18,21H,1,7-9,14-17,24H2,2-5H3/t18-,21?/m0/s1. The summed E-state index contributed by atoms with van der Waals surface area (Å²) in [4.78, 5) is 16.6. The number of hydrogen-bond donors (Lipinski definition) is 1. The average molecular weight is 388 g/mol. The summed E-state index contributed by atoms with van der Waals surface area (Å²) < 4.78 is 5.52. The van der Waals surface area contributed by atoms with Crippen molar-refractivity contribution >= 4 is 6.09 Å². The summed E-state index contributed by atoms with van der Waals surface area (Å²) in [5.41, 5.74) is 8.02. The highest BCUT2D eigenvalue weighted by molar-refractivity contribution is 5.68. The fraction of sp³-hybridized carbons (Fsp3) is 0.609. The molecule has 5 heteroatoms. The zero-order valence-corrected chi connectivity index (χ0v) is 18.0. The second-order valence-corrected chi connectivity index (χ2v) is 8.69. The van der Waals surface area contributed by atoms with E-state index in [2.05, 4.69) is 35.7 Å². The van der Waals surface area contributed by atoms with Gasteiger partial charge in [0.1, 0.15) is 5.60 Å². The molecule has 1 aliphatic heterocycles. The Labute approximate surface area is 170 Å². The van der Waals surface area contributed by atoms with Crippen LogP contribution in [-0.4, -0.2) is 47.7 Å². The summed E-state index contributed by atoms with van der Waals surface area (Å²) >= 11 is 0. The fourth-order valence-corrected chi connectivity index (χ4v) is 3.58. The van der Waals surface area contributed by atoms with Crippen LogP contribution in [0.25, 0.3) is 0 Å². The van der Waals surface area contributed by atoms with Gasteiger partial charge in [-0.2, -0.15) is 0 Å². The van der Waals surface area contributed by atoms with Crippen molar-refractivity contribution in [3.05, 3.63) is 48.0 Å². The number of amides is 1. The Hall–Kier alpha value is -1.85. The number of rotatable bonds is 7. The molecule has 0 spiro atoms. The van der Waals surface area contributed by atoms with E-state index in [4.69, 9.17) is 10.5 Å². The molecular weight excluding hydrogens is 350 g/mol. The van der Waals surface area contributed by atoms with Crippen LogP contribution in [-0.2, 0) is 4.74 Å². The number of piperazine rings is 1. The van der Waals surface area contributed by atoms with Gasteiger partial charge in [0.05, 0.1) is 0 Å². The Kier molecular flexibility index (Phi) is 8.08. The highest BCUT2D eigenvalue weighted by Crippen LogP contribution is 2.29. The first-order valence-corrected chi connectivity index (χ1v) is 10.4. The SMILES string of the molecule is C=CCCCC(c1ccc([C@H](C)N)cc1)N1CCN(C(=O)OC(C)(C)C)CC1. The topological polar surface area (TPSA) is 58.8 Å². The molecule has 1 aromatic carbocycles. The largest absolute Gasteiger partial charge is 0.444 e. The Morgan fingerprint density at radius 3 is 2.25 bits per heavy atom. The molecule has 28 heavy (non-hydrogen) atoms. The smallest absolute Gasteiger partial charge is 0.410 e. The molecule has 1 fully saturated rings. The van der Waals surface area contributed by atoms with Gasteiger partial charge < -0.3 is 15.4 Å². The van der Waals surface area contributed by atoms with Crippen molar-refractivity contribution in [2.45, 2.75) is 64.6 Å². The molecule has 0 bridgehead atoms. The molecule has 0 saturated carbocycles. The summed E-state index contributed by atoms with van der Waals surface area (Å²) in [6.07, 6.45) is 4.98. The molecular formula is C23H37N3O2. The van der Waals surface area contributed by atoms with E-state index >= 15 is 0 Å². The molecule has 1 aliphatic rings. The van der Waals surface area contributed by atoms with Gasteiger partial charge in [-0.3, -0.25) is 4.90 Å². The first kappa shape index (κ1) is 22.4. The van der Waals surface area contributed by atoms with Crippen LogP contribution in [0.5, 0.6) is 0 Å². The van der Waals surface area contributed by atoms with Crippen molar-refractivity contribution in [3.63, 3.8) is 0 Å². The van der Waals surface area contributed by atoms with E-state index in [9.17, 15) is 4.79 Å². The molecule has 5 nitrogen and oxygen atoms in total. The molecule has 2 rings (SSSR count). The van der Waals surface area contributed by atoms with Crippen LogP contribution in [0.15, 0.2) is 36.9 Å². The van der Waals surface area contributed by atoms with Crippen LogP contribution in [0, 0.1) is 0 Å². The third-order valence-corrected chi connectivity index (χ3v) is 5.14. The summed E-state index contributed by atoms with van der Waals surface area (Å²) in [7, 11) is 0. The molecule has 1 amide bonds. The second-order valence-electron chi connectivity index (χ2n) is 8.69. The Morgan fingerprint density at radius 1 is 1.18 bits per heavy atom. The van der Waals surface area contributed by atoms with Gasteiger partial charge in [-0.05, 0) is 58.1 Å². The quantitative estimate of drug-likeness (QED) is 0.546. The van der Waals surface area contributed by atoms with Crippen LogP contribution in [0.3, 0.4) is 0 Å². The maximum atomic E-state index is 12.3. The van der Waals surface area contributed by atoms with Crippen molar-refractivity contribution in [2.75, 3.05) is 26.2 Å². The summed E-state index contributed by atoms with van der Waals surface area (Å²) in [6.45, 7) is 14.7. The number of carbonyl (C=O) groups excluding carboxylic acids is 1. The van der Waals surface area contributed by atoms with Crippen molar-refractivity contribution in [2.24, 2.45) is 5.73 Å². The van der Waals surface area contributed by atoms with Gasteiger partial charge in [0.25, 0.3) is 0 Å². The van der Waals surface area contributed by atoms with Crippen LogP contribution < -0.4 is 5.73 Å². The molecule has 0 radical (unpaired) electrons. The predicted octanol–water partition coefficient (Wildman–Crippen LogP) is 4.66. The van der Waals surface area contributed by atoms with E-state index in [1.54, 1.807) is 0 Å². The minimum atomic E-state index is -0.455. The van der Waals surface area contributed by atoms with Crippen molar-refractivity contribution in [1.29, 1.82) is 0 Å². The van der Waals surface area contributed by atoms with Crippen molar-refractivity contribution in [1.82, 2.24) is 9.80 Å². The lowest BCUT2D eigenvalue weighted by molar-refractivity contribution is 0.00964. The lowest BCUT2D eigenvalue weighted by Gasteiger charge is -2.40. The maximum absolute atomic E-state index is 12.3. The highest BCUT2D eigenvalue weighted by Gasteiger charge is 2.29. The molecule has 0 aliphatic carbocycles. The molecule has 1 saturated heterocycles. The number of benzene rings is 1. The van der Waals surface area contributed by atoms with Crippen LogP contribution in [0.2, 0.25) is 0 Å². The lowest BCUT2D eigenvalue weighted by atomic mass is 9.96. The fourth-order valence-electron chi connectivity index (χ4n) is 3.58. The zero-order chi connectivity index (χ0) is 20.7. The van der Waals surface area contributed by atoms with Crippen LogP contribution >= 0.6 is 0 Å². The number of allylic oxidation sites excluding steroid dienone is 1. The van der Waals surface area contributed by atoms with Crippen LogP contribution in [0.4, 0.5) is 4.79 Å². The summed E-state index contributed by atoms with van der Waals surface area (Å²) in [6, 6.07) is 9.08. The van der Waals surface area contributed by atoms with Crippen molar-refractivity contribution in [3.8, 4) is 0 Å². The van der Waals surface area contributed by atoms with Gasteiger partial charge in [-0.1, -0.05) is 30.3 Å². The predicted molar refractivity (Wildman–Crippen MR) is 115 cm³/mol. The molecule has 2 atom stereocenters. The van der Waals surface area contributed by atoms with Crippen molar-refractivity contribution < 1.29 is 9.53 Å². The molecule has 1 unspecified atom stereocenters.